The number of nitrogens with zero attached hydrogens (tertiary/aromatic N) is 2. The van der Waals surface area contributed by atoms with Crippen molar-refractivity contribution in [3.8, 4) is 0 Å². The number of hydrogen-bond acceptors (Lipinski definition) is 6. The van der Waals surface area contributed by atoms with Crippen LogP contribution in [-0.4, -0.2) is 16.9 Å². The van der Waals surface area contributed by atoms with Crippen molar-refractivity contribution in [1.82, 2.24) is 26.8 Å². The molecule has 1 aliphatic heterocycles. The van der Waals surface area contributed by atoms with Gasteiger partial charge >= 0.3 is 0 Å². The lowest BCUT2D eigenvalue weighted by Crippen LogP contribution is -2.43. The van der Waals surface area contributed by atoms with Crippen LogP contribution in [0.4, 0.5) is 0 Å². The summed E-state index contributed by atoms with van der Waals surface area (Å²) in [6.45, 7) is 0.896. The summed E-state index contributed by atoms with van der Waals surface area (Å²) < 4.78 is 4.22. The highest BCUT2D eigenvalue weighted by Gasteiger charge is 1.79. The maximum absolute atomic E-state index is 4.22. The number of hydrogen-bond donors (Lipinski definition) is 3. The lowest BCUT2D eigenvalue weighted by molar-refractivity contribution is 0.393. The molecule has 0 radical (unpaired) electrons. The smallest absolute Gasteiger partial charge is 0.144 e. The highest BCUT2D eigenvalue weighted by atomic mass is 16.5. The molecule has 0 unspecified atom stereocenters. The fourth-order valence-electron chi connectivity index (χ4n) is 0.457. The van der Waals surface area contributed by atoms with Crippen LogP contribution in [0.15, 0.2) is 29.3 Å². The fourth-order valence-corrected chi connectivity index (χ4v) is 0.457. The van der Waals surface area contributed by atoms with Crippen LogP contribution in [0.1, 0.15) is 0 Å². The third-order valence-electron chi connectivity index (χ3n) is 0.864. The zero-order valence-corrected chi connectivity index (χ0v) is 5.82. The zero-order valence-electron chi connectivity index (χ0n) is 5.82. The first-order chi connectivity index (χ1) is 5.50. The van der Waals surface area contributed by atoms with E-state index in [0.717, 1.165) is 6.54 Å². The molecule has 1 aromatic rings. The van der Waals surface area contributed by atoms with Gasteiger partial charge in [-0.1, -0.05) is 6.08 Å². The molecule has 3 N–H and O–H groups in total. The summed E-state index contributed by atoms with van der Waals surface area (Å²) in [4.78, 5) is 0. The van der Waals surface area contributed by atoms with Gasteiger partial charge in [0.25, 0.3) is 0 Å². The maximum Gasteiger partial charge on any atom is 0.144 e. The van der Waals surface area contributed by atoms with E-state index >= 15 is 0 Å². The van der Waals surface area contributed by atoms with E-state index in [2.05, 4.69) is 31.3 Å². The van der Waals surface area contributed by atoms with Crippen molar-refractivity contribution in [2.24, 2.45) is 0 Å². The van der Waals surface area contributed by atoms with Gasteiger partial charge in [-0.15, -0.1) is 5.10 Å². The molecule has 0 atom stereocenters. The molecule has 0 amide bonds. The van der Waals surface area contributed by atoms with Gasteiger partial charge < -0.3 is 9.95 Å². The Morgan fingerprint density at radius 2 is 2.45 bits per heavy atom. The monoisotopic (exact) mass is 155 g/mol. The molecule has 11 heavy (non-hydrogen) atoms. The van der Waals surface area contributed by atoms with Gasteiger partial charge in [0.2, 0.25) is 0 Å². The molecule has 6 heteroatoms. The van der Waals surface area contributed by atoms with E-state index in [1.165, 1.54) is 12.5 Å². The topological polar surface area (TPSA) is 75.0 Å². The van der Waals surface area contributed by atoms with Gasteiger partial charge in [0.15, 0.2) is 0 Å². The predicted octanol–water partition coefficient (Wildman–Crippen LogP) is -0.818. The van der Waals surface area contributed by atoms with E-state index < -0.39 is 0 Å². The Labute approximate surface area is 63.6 Å². The van der Waals surface area contributed by atoms with Crippen LogP contribution in [0.2, 0.25) is 0 Å². The molecule has 1 aliphatic rings. The maximum atomic E-state index is 4.22. The minimum atomic E-state index is 0.896. The molecule has 0 spiro atoms. The predicted molar refractivity (Wildman–Crippen MR) is 37.7 cm³/mol. The van der Waals surface area contributed by atoms with E-state index in [-0.39, 0.29) is 0 Å². The molecule has 0 saturated heterocycles. The first-order valence-electron chi connectivity index (χ1n) is 3.09. The van der Waals surface area contributed by atoms with E-state index in [9.17, 15) is 0 Å². The minimum Gasteiger partial charge on any atom is -0.346 e. The molecule has 0 aliphatic carbocycles. The van der Waals surface area contributed by atoms with Gasteiger partial charge in [-0.05, 0) is 0 Å². The van der Waals surface area contributed by atoms with Gasteiger partial charge in [-0.25, -0.2) is 5.43 Å². The quantitative estimate of drug-likeness (QED) is 0.454. The molecule has 1 aromatic heterocycles. The number of rotatable bonds is 0. The van der Waals surface area contributed by atoms with Crippen LogP contribution in [-0.2, 0) is 0 Å². The Morgan fingerprint density at radius 1 is 1.45 bits per heavy atom. The highest BCUT2D eigenvalue weighted by Crippen LogP contribution is 1.64. The molecule has 0 bridgehead atoms. The number of aromatic nitrogens is 2. The highest BCUT2D eigenvalue weighted by molar-refractivity contribution is 4.82. The molecule has 0 aromatic carbocycles. The fraction of sp³-hybridized carbons (Fsp3) is 0.200. The van der Waals surface area contributed by atoms with Crippen LogP contribution >= 0.6 is 0 Å². The minimum absolute atomic E-state index is 0.896. The van der Waals surface area contributed by atoms with Crippen molar-refractivity contribution in [3.63, 3.8) is 0 Å². The Morgan fingerprint density at radius 3 is 2.64 bits per heavy atom. The van der Waals surface area contributed by atoms with E-state index in [1.807, 2.05) is 12.3 Å². The van der Waals surface area contributed by atoms with Gasteiger partial charge in [0.1, 0.15) is 6.26 Å². The van der Waals surface area contributed by atoms with Gasteiger partial charge in [0.05, 0.1) is 6.20 Å². The third kappa shape index (κ3) is 4.06. The van der Waals surface area contributed by atoms with Crippen molar-refractivity contribution in [3.05, 3.63) is 24.7 Å². The molecule has 6 nitrogen and oxygen atoms in total. The summed E-state index contributed by atoms with van der Waals surface area (Å²) in [5.74, 6) is 0. The van der Waals surface area contributed by atoms with Crippen LogP contribution in [0, 0.1) is 0 Å². The third-order valence-corrected chi connectivity index (χ3v) is 0.864. The molecule has 2 heterocycles. The van der Waals surface area contributed by atoms with Crippen LogP contribution in [0.25, 0.3) is 0 Å². The van der Waals surface area contributed by atoms with Gasteiger partial charge in [-0.2, -0.15) is 5.53 Å². The summed E-state index contributed by atoms with van der Waals surface area (Å²) in [7, 11) is 0. The standard InChI is InChI=1S/C3H7N3.C2H2N2O/c1-2-4-6-5-3-1;1-2-5-4-3-1/h1-2,4-6H,3H2;1-2H. The SMILES string of the molecule is C1=CNNNC1.c1conn1. The molecular formula is C5H9N5O. The van der Waals surface area contributed by atoms with Crippen molar-refractivity contribution >= 4 is 0 Å². The second kappa shape index (κ2) is 5.39. The molecule has 0 saturated carbocycles. The lowest BCUT2D eigenvalue weighted by atomic mass is 10.6. The summed E-state index contributed by atoms with van der Waals surface area (Å²) in [5, 5.41) is 6.40. The Balaban J connectivity index is 0.000000112. The number of nitrogens with one attached hydrogen (secondary N) is 3. The molecule has 60 valence electrons. The van der Waals surface area contributed by atoms with Crippen LogP contribution in [0.3, 0.4) is 0 Å². The van der Waals surface area contributed by atoms with Gasteiger partial charge in [-0.3, -0.25) is 0 Å². The van der Waals surface area contributed by atoms with Crippen molar-refractivity contribution in [1.29, 1.82) is 0 Å². The van der Waals surface area contributed by atoms with E-state index in [1.54, 1.807) is 0 Å². The largest absolute Gasteiger partial charge is 0.346 e. The Bertz CT molecular complexity index is 160. The van der Waals surface area contributed by atoms with E-state index in [0.29, 0.717) is 0 Å². The summed E-state index contributed by atoms with van der Waals surface area (Å²) in [5.41, 5.74) is 8.28. The average molecular weight is 155 g/mol. The number of hydrazine groups is 2. The van der Waals surface area contributed by atoms with Crippen LogP contribution < -0.4 is 16.4 Å². The average Bonchev–Trinajstić information content (AvgIpc) is 2.64. The second-order valence-corrected chi connectivity index (χ2v) is 1.64. The van der Waals surface area contributed by atoms with Crippen molar-refractivity contribution in [2.45, 2.75) is 0 Å². The molecular weight excluding hydrogens is 146 g/mol. The normalized spacial score (nSPS) is 14.5. The first-order valence-corrected chi connectivity index (χ1v) is 3.09. The summed E-state index contributed by atoms with van der Waals surface area (Å²) in [6, 6.07) is 0. The molecule has 2 rings (SSSR count). The van der Waals surface area contributed by atoms with Gasteiger partial charge in [0, 0.05) is 18.0 Å². The summed E-state index contributed by atoms with van der Waals surface area (Å²) in [6.07, 6.45) is 6.70. The molecule has 0 fully saturated rings. The lowest BCUT2D eigenvalue weighted by Gasteiger charge is -2.07. The second-order valence-electron chi connectivity index (χ2n) is 1.64. The van der Waals surface area contributed by atoms with E-state index in [4.69, 9.17) is 0 Å². The van der Waals surface area contributed by atoms with Crippen molar-refractivity contribution < 1.29 is 4.52 Å². The Kier molecular flexibility index (Phi) is 3.77. The summed E-state index contributed by atoms with van der Waals surface area (Å²) >= 11 is 0. The van der Waals surface area contributed by atoms with Crippen LogP contribution in [0.5, 0.6) is 0 Å². The zero-order chi connectivity index (χ0) is 7.78. The first kappa shape index (κ1) is 7.70. The Hall–Kier alpha value is -1.40. The van der Waals surface area contributed by atoms with Crippen molar-refractivity contribution in [2.75, 3.05) is 6.54 Å².